The van der Waals surface area contributed by atoms with E-state index in [9.17, 15) is 0 Å². The number of rotatable bonds is 2. The van der Waals surface area contributed by atoms with E-state index in [1.807, 2.05) is 16.9 Å². The van der Waals surface area contributed by atoms with Crippen molar-refractivity contribution in [3.63, 3.8) is 0 Å². The van der Waals surface area contributed by atoms with Crippen molar-refractivity contribution in [2.24, 2.45) is 0 Å². The Kier molecular flexibility index (Phi) is 3.13. The van der Waals surface area contributed by atoms with Crippen LogP contribution in [0.3, 0.4) is 0 Å². The van der Waals surface area contributed by atoms with E-state index in [2.05, 4.69) is 10.4 Å². The third kappa shape index (κ3) is 2.51. The number of hydrogen-bond acceptors (Lipinski definition) is 4. The molecular weight excluding hydrogens is 218 g/mol. The van der Waals surface area contributed by atoms with Crippen LogP contribution in [0.15, 0.2) is 18.5 Å². The molecular formula is C12H19N3O2. The third-order valence-electron chi connectivity index (χ3n) is 3.52. The molecule has 2 atom stereocenters. The average molecular weight is 237 g/mol. The van der Waals surface area contributed by atoms with Gasteiger partial charge in [-0.1, -0.05) is 0 Å². The second-order valence-corrected chi connectivity index (χ2v) is 4.92. The normalized spacial score (nSPS) is 34.0. The molecule has 1 spiro atoms. The highest BCUT2D eigenvalue weighted by atomic mass is 16.6. The summed E-state index contributed by atoms with van der Waals surface area (Å²) in [5.41, 5.74) is -0.103. The largest absolute Gasteiger partial charge is 0.377 e. The number of nitrogens with zero attached hydrogens (tertiary/aromatic N) is 2. The first-order valence-electron chi connectivity index (χ1n) is 6.30. The minimum atomic E-state index is -0.103. The number of aromatic nitrogens is 2. The number of ether oxygens (including phenoxy) is 2. The highest BCUT2D eigenvalue weighted by Gasteiger charge is 2.41. The Morgan fingerprint density at radius 2 is 2.53 bits per heavy atom. The summed E-state index contributed by atoms with van der Waals surface area (Å²) in [5.74, 6) is 0. The minimum Gasteiger partial charge on any atom is -0.377 e. The molecule has 0 unspecified atom stereocenters. The smallest absolute Gasteiger partial charge is 0.104 e. The maximum Gasteiger partial charge on any atom is 0.104 e. The molecule has 0 radical (unpaired) electrons. The molecule has 0 aliphatic carbocycles. The summed E-state index contributed by atoms with van der Waals surface area (Å²) in [6, 6.07) is 1.95. The van der Waals surface area contributed by atoms with E-state index < -0.39 is 0 Å². The van der Waals surface area contributed by atoms with Crippen molar-refractivity contribution >= 4 is 0 Å². The molecule has 5 nitrogen and oxygen atoms in total. The van der Waals surface area contributed by atoms with E-state index in [1.54, 1.807) is 6.20 Å². The van der Waals surface area contributed by atoms with E-state index in [0.717, 1.165) is 45.7 Å². The molecule has 17 heavy (non-hydrogen) atoms. The molecule has 0 aromatic carbocycles. The quantitative estimate of drug-likeness (QED) is 0.810. The lowest BCUT2D eigenvalue weighted by atomic mass is 10.0. The lowest BCUT2D eigenvalue weighted by Crippen LogP contribution is -2.42. The van der Waals surface area contributed by atoms with Crippen molar-refractivity contribution in [1.29, 1.82) is 0 Å². The predicted octanol–water partition coefficient (Wildman–Crippen LogP) is 0.421. The summed E-state index contributed by atoms with van der Waals surface area (Å²) in [5, 5.41) is 7.61. The van der Waals surface area contributed by atoms with Crippen LogP contribution in [0.1, 0.15) is 12.8 Å². The van der Waals surface area contributed by atoms with Gasteiger partial charge >= 0.3 is 0 Å². The zero-order valence-electron chi connectivity index (χ0n) is 9.97. The molecule has 2 aliphatic heterocycles. The van der Waals surface area contributed by atoms with Gasteiger partial charge in [0.05, 0.1) is 25.9 Å². The van der Waals surface area contributed by atoms with E-state index in [1.165, 1.54) is 0 Å². The van der Waals surface area contributed by atoms with Gasteiger partial charge in [-0.2, -0.15) is 5.10 Å². The molecule has 1 aromatic heterocycles. The van der Waals surface area contributed by atoms with Crippen LogP contribution in [0.25, 0.3) is 0 Å². The average Bonchev–Trinajstić information content (AvgIpc) is 2.89. The molecule has 2 fully saturated rings. The Hall–Kier alpha value is -0.910. The molecule has 0 bridgehead atoms. The van der Waals surface area contributed by atoms with Gasteiger partial charge in [0.2, 0.25) is 0 Å². The van der Waals surface area contributed by atoms with Crippen molar-refractivity contribution in [3.05, 3.63) is 18.5 Å². The molecule has 94 valence electrons. The van der Waals surface area contributed by atoms with E-state index in [4.69, 9.17) is 9.47 Å². The molecule has 0 saturated carbocycles. The highest BCUT2D eigenvalue weighted by Crippen LogP contribution is 2.31. The number of nitrogens with one attached hydrogen (secondary N) is 1. The van der Waals surface area contributed by atoms with E-state index >= 15 is 0 Å². The zero-order valence-corrected chi connectivity index (χ0v) is 9.97. The van der Waals surface area contributed by atoms with Gasteiger partial charge in [-0.15, -0.1) is 0 Å². The SMILES string of the molecule is c1cnn(C[C@H]2CC[C@@]3(CNCCOC3)O2)c1. The van der Waals surface area contributed by atoms with Crippen molar-refractivity contribution < 1.29 is 9.47 Å². The van der Waals surface area contributed by atoms with Gasteiger partial charge in [0.25, 0.3) is 0 Å². The summed E-state index contributed by atoms with van der Waals surface area (Å²) in [6.07, 6.45) is 6.21. The van der Waals surface area contributed by atoms with Gasteiger partial charge in [0.1, 0.15) is 5.60 Å². The number of hydrogen-bond donors (Lipinski definition) is 1. The fourth-order valence-corrected chi connectivity index (χ4v) is 2.65. The fraction of sp³-hybridized carbons (Fsp3) is 0.750. The second kappa shape index (κ2) is 4.76. The van der Waals surface area contributed by atoms with Crippen LogP contribution in [0.2, 0.25) is 0 Å². The van der Waals surface area contributed by atoms with Crippen LogP contribution >= 0.6 is 0 Å². The van der Waals surface area contributed by atoms with Gasteiger partial charge < -0.3 is 14.8 Å². The van der Waals surface area contributed by atoms with Crippen LogP contribution in [0.4, 0.5) is 0 Å². The van der Waals surface area contributed by atoms with Gasteiger partial charge in [-0.05, 0) is 18.9 Å². The molecule has 5 heteroatoms. The molecule has 1 aromatic rings. The summed E-state index contributed by atoms with van der Waals surface area (Å²) >= 11 is 0. The zero-order chi connectivity index (χ0) is 11.6. The van der Waals surface area contributed by atoms with Crippen LogP contribution in [0.5, 0.6) is 0 Å². The topological polar surface area (TPSA) is 48.3 Å². The Labute approximate surface area is 101 Å². The van der Waals surface area contributed by atoms with Crippen LogP contribution in [-0.2, 0) is 16.0 Å². The summed E-state index contributed by atoms with van der Waals surface area (Å²) in [6.45, 7) is 4.18. The Balaban J connectivity index is 1.60. The van der Waals surface area contributed by atoms with Crippen molar-refractivity contribution in [2.45, 2.75) is 31.1 Å². The Morgan fingerprint density at radius 3 is 3.41 bits per heavy atom. The Bertz CT molecular complexity index is 345. The minimum absolute atomic E-state index is 0.103. The van der Waals surface area contributed by atoms with Crippen molar-refractivity contribution in [3.8, 4) is 0 Å². The first-order chi connectivity index (χ1) is 8.36. The molecule has 2 aliphatic rings. The van der Waals surface area contributed by atoms with Crippen molar-refractivity contribution in [2.75, 3.05) is 26.3 Å². The summed E-state index contributed by atoms with van der Waals surface area (Å²) < 4.78 is 13.7. The summed E-state index contributed by atoms with van der Waals surface area (Å²) in [7, 11) is 0. The standard InChI is InChI=1S/C12H19N3O2/c1-4-14-15(6-1)8-11-2-3-12(17-11)9-13-5-7-16-10-12/h1,4,6,11,13H,2-3,5,7-10H2/t11-,12+/m1/s1. The van der Waals surface area contributed by atoms with Gasteiger partial charge in [0, 0.05) is 25.5 Å². The van der Waals surface area contributed by atoms with Gasteiger partial charge in [0.15, 0.2) is 0 Å². The van der Waals surface area contributed by atoms with Crippen LogP contribution in [0, 0.1) is 0 Å². The fourth-order valence-electron chi connectivity index (χ4n) is 2.65. The highest BCUT2D eigenvalue weighted by molar-refractivity contribution is 4.92. The first-order valence-corrected chi connectivity index (χ1v) is 6.30. The monoisotopic (exact) mass is 237 g/mol. The molecule has 0 amide bonds. The second-order valence-electron chi connectivity index (χ2n) is 4.92. The first kappa shape index (κ1) is 11.2. The molecule has 3 heterocycles. The Morgan fingerprint density at radius 1 is 1.53 bits per heavy atom. The van der Waals surface area contributed by atoms with Crippen molar-refractivity contribution in [1.82, 2.24) is 15.1 Å². The van der Waals surface area contributed by atoms with E-state index in [0.29, 0.717) is 0 Å². The lowest BCUT2D eigenvalue weighted by Gasteiger charge is -2.27. The third-order valence-corrected chi connectivity index (χ3v) is 3.52. The van der Waals surface area contributed by atoms with Gasteiger partial charge in [-0.25, -0.2) is 0 Å². The van der Waals surface area contributed by atoms with Crippen LogP contribution in [-0.4, -0.2) is 47.8 Å². The molecule has 2 saturated heterocycles. The molecule has 3 rings (SSSR count). The molecule has 1 N–H and O–H groups in total. The predicted molar refractivity (Wildman–Crippen MR) is 62.8 cm³/mol. The van der Waals surface area contributed by atoms with Gasteiger partial charge in [-0.3, -0.25) is 4.68 Å². The maximum absolute atomic E-state index is 6.19. The van der Waals surface area contributed by atoms with E-state index in [-0.39, 0.29) is 11.7 Å². The summed E-state index contributed by atoms with van der Waals surface area (Å²) in [4.78, 5) is 0. The maximum atomic E-state index is 6.19. The van der Waals surface area contributed by atoms with Crippen LogP contribution < -0.4 is 5.32 Å². The lowest BCUT2D eigenvalue weighted by molar-refractivity contribution is -0.0821.